The number of piperidine rings is 1. The monoisotopic (exact) mass is 248 g/mol. The van der Waals surface area contributed by atoms with E-state index in [1.54, 1.807) is 12.4 Å². The molecule has 2 heterocycles. The summed E-state index contributed by atoms with van der Waals surface area (Å²) in [7, 11) is 0. The summed E-state index contributed by atoms with van der Waals surface area (Å²) in [6.45, 7) is 7.24. The lowest BCUT2D eigenvalue weighted by molar-refractivity contribution is 0.199. The minimum absolute atomic E-state index is 0.465. The van der Waals surface area contributed by atoms with Gasteiger partial charge in [0.05, 0.1) is 5.69 Å². The number of rotatable bonds is 4. The van der Waals surface area contributed by atoms with Crippen LogP contribution in [0.4, 0.5) is 5.82 Å². The Kier molecular flexibility index (Phi) is 4.17. The third-order valence-electron chi connectivity index (χ3n) is 4.57. The van der Waals surface area contributed by atoms with Gasteiger partial charge in [0.25, 0.3) is 0 Å². The van der Waals surface area contributed by atoms with Crippen LogP contribution in [0.15, 0.2) is 12.4 Å². The minimum Gasteiger partial charge on any atom is -0.355 e. The second kappa shape index (κ2) is 5.65. The van der Waals surface area contributed by atoms with E-state index in [0.29, 0.717) is 12.0 Å². The molecule has 0 radical (unpaired) electrons. The van der Waals surface area contributed by atoms with Gasteiger partial charge in [-0.05, 0) is 18.3 Å². The van der Waals surface area contributed by atoms with Gasteiger partial charge >= 0.3 is 0 Å². The van der Waals surface area contributed by atoms with E-state index in [0.717, 1.165) is 24.6 Å². The van der Waals surface area contributed by atoms with Crippen LogP contribution in [0, 0.1) is 5.41 Å². The zero-order valence-electron chi connectivity index (χ0n) is 11.5. The van der Waals surface area contributed by atoms with Crippen molar-refractivity contribution >= 4 is 5.82 Å². The average Bonchev–Trinajstić information content (AvgIpc) is 2.47. The van der Waals surface area contributed by atoms with Gasteiger partial charge in [-0.25, -0.2) is 4.98 Å². The number of aromatic nitrogens is 2. The predicted octanol–water partition coefficient (Wildman–Crippen LogP) is 2.34. The van der Waals surface area contributed by atoms with Gasteiger partial charge in [-0.1, -0.05) is 26.7 Å². The molecule has 2 rings (SSSR count). The summed E-state index contributed by atoms with van der Waals surface area (Å²) in [5.74, 6) is 0.987. The van der Waals surface area contributed by atoms with Gasteiger partial charge in [0.1, 0.15) is 0 Å². The smallest absolute Gasteiger partial charge is 0.151 e. The van der Waals surface area contributed by atoms with E-state index in [-0.39, 0.29) is 0 Å². The van der Waals surface area contributed by atoms with Gasteiger partial charge in [0.15, 0.2) is 5.82 Å². The molecule has 4 heteroatoms. The third-order valence-corrected chi connectivity index (χ3v) is 4.57. The summed E-state index contributed by atoms with van der Waals surface area (Å²) >= 11 is 0. The Labute approximate surface area is 110 Å². The molecule has 18 heavy (non-hydrogen) atoms. The van der Waals surface area contributed by atoms with Crippen LogP contribution in [0.25, 0.3) is 0 Å². The fourth-order valence-corrected chi connectivity index (χ4v) is 2.92. The lowest BCUT2D eigenvalue weighted by Gasteiger charge is -2.41. The summed E-state index contributed by atoms with van der Waals surface area (Å²) in [6.07, 6.45) is 8.54. The Balaban J connectivity index is 2.10. The Morgan fingerprint density at radius 2 is 1.78 bits per heavy atom. The van der Waals surface area contributed by atoms with Crippen LogP contribution in [0.2, 0.25) is 0 Å². The van der Waals surface area contributed by atoms with E-state index in [1.807, 2.05) is 0 Å². The van der Waals surface area contributed by atoms with Crippen LogP contribution in [0.5, 0.6) is 0 Å². The van der Waals surface area contributed by atoms with E-state index in [9.17, 15) is 0 Å². The van der Waals surface area contributed by atoms with Crippen LogP contribution in [-0.4, -0.2) is 23.1 Å². The van der Waals surface area contributed by atoms with E-state index in [1.165, 1.54) is 25.7 Å². The molecule has 4 nitrogen and oxygen atoms in total. The van der Waals surface area contributed by atoms with Crippen molar-refractivity contribution in [1.29, 1.82) is 0 Å². The lowest BCUT2D eigenvalue weighted by Crippen LogP contribution is -2.40. The maximum atomic E-state index is 5.73. The number of hydrogen-bond acceptors (Lipinski definition) is 4. The van der Waals surface area contributed by atoms with Gasteiger partial charge in [0.2, 0.25) is 0 Å². The Morgan fingerprint density at radius 1 is 1.17 bits per heavy atom. The first kappa shape index (κ1) is 13.3. The maximum absolute atomic E-state index is 5.73. The molecule has 0 unspecified atom stereocenters. The Morgan fingerprint density at radius 3 is 2.33 bits per heavy atom. The first-order chi connectivity index (χ1) is 8.74. The highest BCUT2D eigenvalue weighted by Crippen LogP contribution is 2.38. The molecule has 1 aliphatic rings. The average molecular weight is 248 g/mol. The molecule has 0 aromatic carbocycles. The fraction of sp³-hybridized carbons (Fsp3) is 0.714. The largest absolute Gasteiger partial charge is 0.355 e. The van der Waals surface area contributed by atoms with E-state index < -0.39 is 0 Å². The van der Waals surface area contributed by atoms with E-state index >= 15 is 0 Å². The van der Waals surface area contributed by atoms with Crippen molar-refractivity contribution in [2.45, 2.75) is 46.1 Å². The summed E-state index contributed by atoms with van der Waals surface area (Å²) in [5, 5.41) is 0. The molecule has 1 aliphatic heterocycles. The molecule has 1 aromatic heterocycles. The molecule has 1 saturated heterocycles. The standard InChI is InChI=1S/C14H24N4/c1-3-14(4-2)5-9-18(10-6-14)13-12(11-15)16-7-8-17-13/h7-8H,3-6,9-11,15H2,1-2H3. The summed E-state index contributed by atoms with van der Waals surface area (Å²) in [6, 6.07) is 0. The number of nitrogens with zero attached hydrogens (tertiary/aromatic N) is 3. The fourth-order valence-electron chi connectivity index (χ4n) is 2.92. The van der Waals surface area contributed by atoms with Gasteiger partial charge in [-0.3, -0.25) is 4.98 Å². The molecule has 0 bridgehead atoms. The molecule has 1 aromatic rings. The van der Waals surface area contributed by atoms with Crippen LogP contribution < -0.4 is 10.6 Å². The van der Waals surface area contributed by atoms with Crippen molar-refractivity contribution in [3.05, 3.63) is 18.1 Å². The number of anilines is 1. The zero-order chi connectivity index (χ0) is 13.0. The van der Waals surface area contributed by atoms with E-state index in [4.69, 9.17) is 5.73 Å². The quantitative estimate of drug-likeness (QED) is 0.888. The molecule has 0 atom stereocenters. The maximum Gasteiger partial charge on any atom is 0.151 e. The highest BCUT2D eigenvalue weighted by atomic mass is 15.2. The lowest BCUT2D eigenvalue weighted by atomic mass is 9.74. The molecule has 0 saturated carbocycles. The second-order valence-electron chi connectivity index (χ2n) is 5.22. The van der Waals surface area contributed by atoms with Crippen molar-refractivity contribution in [2.75, 3.05) is 18.0 Å². The zero-order valence-corrected chi connectivity index (χ0v) is 11.5. The summed E-state index contributed by atoms with van der Waals surface area (Å²) < 4.78 is 0. The van der Waals surface area contributed by atoms with Gasteiger partial charge in [0, 0.05) is 32.0 Å². The van der Waals surface area contributed by atoms with Crippen molar-refractivity contribution in [3.63, 3.8) is 0 Å². The molecule has 0 amide bonds. The SMILES string of the molecule is CCC1(CC)CCN(c2nccnc2CN)CC1. The van der Waals surface area contributed by atoms with Crippen LogP contribution in [0.3, 0.4) is 0 Å². The second-order valence-corrected chi connectivity index (χ2v) is 5.22. The number of nitrogens with two attached hydrogens (primary N) is 1. The normalized spacial score (nSPS) is 18.9. The van der Waals surface area contributed by atoms with Gasteiger partial charge < -0.3 is 10.6 Å². The van der Waals surface area contributed by atoms with Crippen molar-refractivity contribution in [1.82, 2.24) is 9.97 Å². The molecular formula is C14H24N4. The van der Waals surface area contributed by atoms with Crippen molar-refractivity contribution in [3.8, 4) is 0 Å². The van der Waals surface area contributed by atoms with Crippen molar-refractivity contribution < 1.29 is 0 Å². The molecule has 2 N–H and O–H groups in total. The van der Waals surface area contributed by atoms with Crippen LogP contribution in [0.1, 0.15) is 45.2 Å². The first-order valence-corrected chi connectivity index (χ1v) is 6.99. The summed E-state index contributed by atoms with van der Waals surface area (Å²) in [4.78, 5) is 11.1. The van der Waals surface area contributed by atoms with Gasteiger partial charge in [-0.2, -0.15) is 0 Å². The molecule has 0 spiro atoms. The van der Waals surface area contributed by atoms with Crippen molar-refractivity contribution in [2.24, 2.45) is 11.1 Å². The van der Waals surface area contributed by atoms with E-state index in [2.05, 4.69) is 28.7 Å². The predicted molar refractivity (Wildman–Crippen MR) is 74.4 cm³/mol. The highest BCUT2D eigenvalue weighted by molar-refractivity contribution is 5.43. The summed E-state index contributed by atoms with van der Waals surface area (Å²) in [5.41, 5.74) is 7.19. The van der Waals surface area contributed by atoms with Crippen LogP contribution >= 0.6 is 0 Å². The highest BCUT2D eigenvalue weighted by Gasteiger charge is 2.32. The Bertz CT molecular complexity index is 377. The third kappa shape index (κ3) is 2.48. The number of hydrogen-bond donors (Lipinski definition) is 1. The molecule has 100 valence electrons. The topological polar surface area (TPSA) is 55.0 Å². The molecule has 0 aliphatic carbocycles. The molecular weight excluding hydrogens is 224 g/mol. The molecule has 1 fully saturated rings. The van der Waals surface area contributed by atoms with Crippen LogP contribution in [-0.2, 0) is 6.54 Å². The minimum atomic E-state index is 0.465. The van der Waals surface area contributed by atoms with Gasteiger partial charge in [-0.15, -0.1) is 0 Å². The first-order valence-electron chi connectivity index (χ1n) is 6.99. The Hall–Kier alpha value is -1.16.